The average Bonchev–Trinajstić information content (AvgIpc) is 3.22. The summed E-state index contributed by atoms with van der Waals surface area (Å²) in [6.07, 6.45) is 5.08. The first kappa shape index (κ1) is 17.0. The molecule has 2 aliphatic heterocycles. The predicted molar refractivity (Wildman–Crippen MR) is 95.9 cm³/mol. The Bertz CT molecular complexity index is 773. The standard InChI is InChI=1S/C17H24ClN5O2/c1-17(2,24)15-19-12-13(22-8-4-5-9-22)20-16(18)21-14(12)23(15)11-7-3-6-10-25-11/h11,24H,3-10H2,1-2H3. The number of rotatable bonds is 3. The van der Waals surface area contributed by atoms with Gasteiger partial charge >= 0.3 is 0 Å². The average molecular weight is 366 g/mol. The van der Waals surface area contributed by atoms with Crippen LogP contribution < -0.4 is 4.90 Å². The maximum atomic E-state index is 10.7. The summed E-state index contributed by atoms with van der Waals surface area (Å²) >= 11 is 6.24. The van der Waals surface area contributed by atoms with Gasteiger partial charge in [0.25, 0.3) is 0 Å². The van der Waals surface area contributed by atoms with E-state index >= 15 is 0 Å². The van der Waals surface area contributed by atoms with Gasteiger partial charge in [-0.25, -0.2) is 4.98 Å². The number of nitrogens with zero attached hydrogens (tertiary/aromatic N) is 5. The molecule has 136 valence electrons. The lowest BCUT2D eigenvalue weighted by Crippen LogP contribution is -2.27. The quantitative estimate of drug-likeness (QED) is 0.842. The Morgan fingerprint density at radius 3 is 2.52 bits per heavy atom. The lowest BCUT2D eigenvalue weighted by atomic mass is 10.1. The van der Waals surface area contributed by atoms with Crippen LogP contribution in [-0.4, -0.2) is 44.3 Å². The first-order chi connectivity index (χ1) is 11.9. The highest BCUT2D eigenvalue weighted by Crippen LogP contribution is 2.36. The fourth-order valence-corrected chi connectivity index (χ4v) is 3.87. The van der Waals surface area contributed by atoms with Crippen LogP contribution in [0.5, 0.6) is 0 Å². The molecule has 1 atom stereocenters. The van der Waals surface area contributed by atoms with E-state index in [-0.39, 0.29) is 11.5 Å². The molecule has 25 heavy (non-hydrogen) atoms. The number of halogens is 1. The molecule has 0 aromatic carbocycles. The van der Waals surface area contributed by atoms with Crippen LogP contribution in [0.15, 0.2) is 0 Å². The summed E-state index contributed by atoms with van der Waals surface area (Å²) in [6, 6.07) is 0. The monoisotopic (exact) mass is 365 g/mol. The fraction of sp³-hybridized carbons (Fsp3) is 0.706. The number of imidazole rings is 1. The van der Waals surface area contributed by atoms with Crippen molar-refractivity contribution in [3.05, 3.63) is 11.1 Å². The van der Waals surface area contributed by atoms with Gasteiger partial charge in [0, 0.05) is 19.7 Å². The van der Waals surface area contributed by atoms with Gasteiger partial charge in [-0.05, 0) is 57.6 Å². The van der Waals surface area contributed by atoms with E-state index in [1.807, 2.05) is 4.57 Å². The molecule has 2 aliphatic rings. The minimum absolute atomic E-state index is 0.183. The summed E-state index contributed by atoms with van der Waals surface area (Å²) in [5, 5.41) is 10.9. The van der Waals surface area contributed by atoms with Crippen molar-refractivity contribution >= 4 is 28.6 Å². The van der Waals surface area contributed by atoms with Gasteiger partial charge in [-0.2, -0.15) is 9.97 Å². The van der Waals surface area contributed by atoms with Gasteiger partial charge in [-0.1, -0.05) is 0 Å². The van der Waals surface area contributed by atoms with Gasteiger partial charge in [-0.15, -0.1) is 0 Å². The molecule has 0 aliphatic carbocycles. The molecule has 0 amide bonds. The van der Waals surface area contributed by atoms with E-state index in [0.29, 0.717) is 23.6 Å². The summed E-state index contributed by atoms with van der Waals surface area (Å²) in [6.45, 7) is 6.05. The topological polar surface area (TPSA) is 76.3 Å². The number of aliphatic hydroxyl groups is 1. The summed E-state index contributed by atoms with van der Waals surface area (Å²) in [5.41, 5.74) is 0.222. The molecule has 0 bridgehead atoms. The van der Waals surface area contributed by atoms with Gasteiger partial charge in [0.15, 0.2) is 17.0 Å². The van der Waals surface area contributed by atoms with Crippen LogP contribution in [0.25, 0.3) is 11.2 Å². The molecule has 1 unspecified atom stereocenters. The zero-order chi connectivity index (χ0) is 17.6. The third-order valence-corrected chi connectivity index (χ3v) is 5.06. The highest BCUT2D eigenvalue weighted by molar-refractivity contribution is 6.28. The second-order valence-corrected chi connectivity index (χ2v) is 7.71. The van der Waals surface area contributed by atoms with Crippen LogP contribution in [0.4, 0.5) is 5.82 Å². The molecule has 2 fully saturated rings. The summed E-state index contributed by atoms with van der Waals surface area (Å²) in [5.74, 6) is 1.30. The van der Waals surface area contributed by atoms with E-state index < -0.39 is 5.60 Å². The Balaban J connectivity index is 1.94. The van der Waals surface area contributed by atoms with Crippen molar-refractivity contribution in [2.75, 3.05) is 24.6 Å². The van der Waals surface area contributed by atoms with Crippen molar-refractivity contribution in [3.63, 3.8) is 0 Å². The summed E-state index contributed by atoms with van der Waals surface area (Å²) in [4.78, 5) is 15.9. The number of fused-ring (bicyclic) bond motifs is 1. The smallest absolute Gasteiger partial charge is 0.226 e. The first-order valence-corrected chi connectivity index (χ1v) is 9.38. The summed E-state index contributed by atoms with van der Waals surface area (Å²) < 4.78 is 7.88. The maximum absolute atomic E-state index is 10.7. The van der Waals surface area contributed by atoms with Crippen LogP contribution >= 0.6 is 11.6 Å². The van der Waals surface area contributed by atoms with Crippen LogP contribution in [-0.2, 0) is 10.3 Å². The van der Waals surface area contributed by atoms with E-state index in [4.69, 9.17) is 21.3 Å². The highest BCUT2D eigenvalue weighted by Gasteiger charge is 2.33. The van der Waals surface area contributed by atoms with Crippen molar-refractivity contribution in [2.24, 2.45) is 0 Å². The molecular weight excluding hydrogens is 342 g/mol. The lowest BCUT2D eigenvalue weighted by Gasteiger charge is -2.28. The Labute approximate surface area is 152 Å². The third kappa shape index (κ3) is 3.09. The molecule has 4 heterocycles. The summed E-state index contributed by atoms with van der Waals surface area (Å²) in [7, 11) is 0. The Hall–Kier alpha value is -1.44. The molecule has 0 spiro atoms. The molecule has 0 saturated carbocycles. The van der Waals surface area contributed by atoms with Crippen molar-refractivity contribution < 1.29 is 9.84 Å². The minimum Gasteiger partial charge on any atom is -0.383 e. The zero-order valence-corrected chi connectivity index (χ0v) is 15.5. The van der Waals surface area contributed by atoms with Gasteiger partial charge in [0.2, 0.25) is 5.28 Å². The zero-order valence-electron chi connectivity index (χ0n) is 14.7. The van der Waals surface area contributed by atoms with Gasteiger partial charge in [0.1, 0.15) is 17.7 Å². The van der Waals surface area contributed by atoms with Crippen LogP contribution in [0, 0.1) is 0 Å². The largest absolute Gasteiger partial charge is 0.383 e. The molecular formula is C17H24ClN5O2. The third-order valence-electron chi connectivity index (χ3n) is 4.89. The molecule has 8 heteroatoms. The number of hydrogen-bond donors (Lipinski definition) is 1. The van der Waals surface area contributed by atoms with E-state index in [9.17, 15) is 5.11 Å². The Kier molecular flexibility index (Phi) is 4.33. The number of ether oxygens (including phenoxy) is 1. The van der Waals surface area contributed by atoms with E-state index in [1.54, 1.807) is 13.8 Å². The molecule has 2 aromatic heterocycles. The van der Waals surface area contributed by atoms with E-state index in [0.717, 1.165) is 51.0 Å². The lowest BCUT2D eigenvalue weighted by molar-refractivity contribution is -0.0405. The van der Waals surface area contributed by atoms with Crippen molar-refractivity contribution in [2.45, 2.75) is 57.8 Å². The van der Waals surface area contributed by atoms with E-state index in [2.05, 4.69) is 14.9 Å². The second-order valence-electron chi connectivity index (χ2n) is 7.37. The van der Waals surface area contributed by atoms with Gasteiger partial charge in [0.05, 0.1) is 0 Å². The first-order valence-electron chi connectivity index (χ1n) is 9.00. The number of anilines is 1. The number of hydrogen-bond acceptors (Lipinski definition) is 6. The molecule has 0 radical (unpaired) electrons. The minimum atomic E-state index is -1.11. The van der Waals surface area contributed by atoms with Gasteiger partial charge < -0.3 is 14.7 Å². The number of aromatic nitrogens is 4. The van der Waals surface area contributed by atoms with Crippen LogP contribution in [0.3, 0.4) is 0 Å². The molecule has 2 aromatic rings. The molecule has 2 saturated heterocycles. The van der Waals surface area contributed by atoms with Crippen LogP contribution in [0.1, 0.15) is 58.0 Å². The van der Waals surface area contributed by atoms with Crippen LogP contribution in [0.2, 0.25) is 5.28 Å². The normalized spacial score (nSPS) is 22.1. The maximum Gasteiger partial charge on any atom is 0.226 e. The highest BCUT2D eigenvalue weighted by atomic mass is 35.5. The Morgan fingerprint density at radius 2 is 1.88 bits per heavy atom. The molecule has 7 nitrogen and oxygen atoms in total. The SMILES string of the molecule is CC(C)(O)c1nc2c(N3CCCC3)nc(Cl)nc2n1C1CCCCO1. The molecule has 1 N–H and O–H groups in total. The molecule has 4 rings (SSSR count). The van der Waals surface area contributed by atoms with E-state index in [1.165, 1.54) is 0 Å². The fourth-order valence-electron chi connectivity index (χ4n) is 3.71. The second kappa shape index (κ2) is 6.37. The van der Waals surface area contributed by atoms with Crippen molar-refractivity contribution in [1.29, 1.82) is 0 Å². The predicted octanol–water partition coefficient (Wildman–Crippen LogP) is 3.01. The van der Waals surface area contributed by atoms with Crippen molar-refractivity contribution in [3.8, 4) is 0 Å². The van der Waals surface area contributed by atoms with Crippen molar-refractivity contribution in [1.82, 2.24) is 19.5 Å². The Morgan fingerprint density at radius 1 is 1.12 bits per heavy atom. The van der Waals surface area contributed by atoms with Gasteiger partial charge in [-0.3, -0.25) is 4.57 Å².